The van der Waals surface area contributed by atoms with Crippen LogP contribution in [0.1, 0.15) is 22.3 Å². The van der Waals surface area contributed by atoms with Gasteiger partial charge in [-0.3, -0.25) is 0 Å². The summed E-state index contributed by atoms with van der Waals surface area (Å²) in [6.07, 6.45) is 2.05. The van der Waals surface area contributed by atoms with Crippen LogP contribution in [0.15, 0.2) is 78.9 Å². The molecule has 0 saturated carbocycles. The second kappa shape index (κ2) is 6.95. The van der Waals surface area contributed by atoms with Crippen molar-refractivity contribution >= 4 is 26.1 Å². The Morgan fingerprint density at radius 2 is 1.14 bits per heavy atom. The minimum absolute atomic E-state index is 1.02. The molecule has 101 valence electrons. The van der Waals surface area contributed by atoms with Crippen LogP contribution in [0, 0.1) is 0 Å². The van der Waals surface area contributed by atoms with E-state index in [-0.39, 0.29) is 0 Å². The normalized spacial score (nSPS) is 10.5. The maximum absolute atomic E-state index is 2.28. The second-order valence-corrected chi connectivity index (χ2v) is 6.81. The molecule has 0 nitrogen and oxygen atoms in total. The molecule has 0 fully saturated rings. The first kappa shape index (κ1) is 14.4. The Morgan fingerprint density at radius 3 is 1.76 bits per heavy atom. The molecular weight excluding hydrogens is 359 g/mol. The first-order valence-electron chi connectivity index (χ1n) is 7.23. The van der Waals surface area contributed by atoms with Crippen molar-refractivity contribution in [3.8, 4) is 0 Å². The van der Waals surface area contributed by atoms with E-state index >= 15 is 0 Å². The predicted molar refractivity (Wildman–Crippen MR) is 90.3 cm³/mol. The third-order valence-electron chi connectivity index (χ3n) is 3.73. The molecule has 21 heavy (non-hydrogen) atoms. The van der Waals surface area contributed by atoms with Gasteiger partial charge in [0.05, 0.1) is 0 Å². The number of benzene rings is 3. The van der Waals surface area contributed by atoms with Crippen LogP contribution in [-0.4, -0.2) is 22.5 Å². The van der Waals surface area contributed by atoms with Gasteiger partial charge in [-0.25, -0.2) is 0 Å². The molecule has 0 N–H and O–H groups in total. The van der Waals surface area contributed by atoms with E-state index < -0.39 is 0 Å². The molecule has 0 aliphatic rings. The van der Waals surface area contributed by atoms with Crippen LogP contribution in [0.4, 0.5) is 0 Å². The first-order valence-corrected chi connectivity index (χ1v) is 8.66. The average Bonchev–Trinajstić information content (AvgIpc) is 2.53. The maximum atomic E-state index is 2.28. The SMILES string of the molecule is [Sn][c]1cccc(Cc2ccccc2)c1Cc1ccccc1. The predicted octanol–water partition coefficient (Wildman–Crippen LogP) is 3.66. The molecule has 0 bridgehead atoms. The summed E-state index contributed by atoms with van der Waals surface area (Å²) < 4.78 is 1.47. The van der Waals surface area contributed by atoms with Gasteiger partial charge in [0.1, 0.15) is 0 Å². The molecule has 0 spiro atoms. The van der Waals surface area contributed by atoms with Crippen molar-refractivity contribution in [2.45, 2.75) is 12.8 Å². The van der Waals surface area contributed by atoms with E-state index in [1.165, 1.54) is 48.4 Å². The van der Waals surface area contributed by atoms with E-state index in [2.05, 4.69) is 78.9 Å². The Hall–Kier alpha value is -1.54. The van der Waals surface area contributed by atoms with Gasteiger partial charge < -0.3 is 0 Å². The monoisotopic (exact) mass is 377 g/mol. The van der Waals surface area contributed by atoms with Crippen LogP contribution in [0.25, 0.3) is 0 Å². The molecule has 0 aliphatic carbocycles. The van der Waals surface area contributed by atoms with E-state index in [4.69, 9.17) is 0 Å². The number of rotatable bonds is 4. The zero-order valence-corrected chi connectivity index (χ0v) is 14.8. The molecule has 0 heterocycles. The topological polar surface area (TPSA) is 0 Å². The third kappa shape index (κ3) is 3.76. The van der Waals surface area contributed by atoms with Crippen molar-refractivity contribution in [1.82, 2.24) is 0 Å². The standard InChI is InChI=1S/C20H17.Sn/c1-3-9-17(10-4-1)15-19-13-7-8-14-20(19)16-18-11-5-2-6-12-18;/h1-13H,15-16H2;. The molecule has 3 rings (SSSR count). The van der Waals surface area contributed by atoms with E-state index in [0.717, 1.165) is 12.8 Å². The first-order chi connectivity index (χ1) is 10.3. The molecule has 3 aromatic rings. The van der Waals surface area contributed by atoms with Gasteiger partial charge in [-0.2, -0.15) is 0 Å². The summed E-state index contributed by atoms with van der Waals surface area (Å²) in [6.45, 7) is 0. The summed E-state index contributed by atoms with van der Waals surface area (Å²) in [7, 11) is 0. The summed E-state index contributed by atoms with van der Waals surface area (Å²) >= 11 is 1.49. The van der Waals surface area contributed by atoms with Gasteiger partial charge in [0.25, 0.3) is 0 Å². The molecule has 0 aliphatic heterocycles. The Labute approximate surface area is 139 Å². The molecular formula is C20H17Sn. The van der Waals surface area contributed by atoms with E-state index in [9.17, 15) is 0 Å². The fourth-order valence-corrected chi connectivity index (χ4v) is 3.61. The van der Waals surface area contributed by atoms with Gasteiger partial charge in [0.2, 0.25) is 0 Å². The fraction of sp³-hybridized carbons (Fsp3) is 0.100. The van der Waals surface area contributed by atoms with Crippen molar-refractivity contribution in [2.75, 3.05) is 0 Å². The summed E-state index contributed by atoms with van der Waals surface area (Å²) in [5, 5.41) is 0. The summed E-state index contributed by atoms with van der Waals surface area (Å²) in [6, 6.07) is 28.2. The Kier molecular flexibility index (Phi) is 4.76. The van der Waals surface area contributed by atoms with Crippen molar-refractivity contribution in [3.05, 3.63) is 101 Å². The quantitative estimate of drug-likeness (QED) is 0.610. The van der Waals surface area contributed by atoms with Crippen molar-refractivity contribution in [2.24, 2.45) is 0 Å². The molecule has 3 aromatic carbocycles. The Bertz CT molecular complexity index is 702. The van der Waals surface area contributed by atoms with Gasteiger partial charge in [-0.05, 0) is 0 Å². The minimum atomic E-state index is 1.02. The summed E-state index contributed by atoms with van der Waals surface area (Å²) in [5.74, 6) is 0. The van der Waals surface area contributed by atoms with Crippen LogP contribution in [-0.2, 0) is 12.8 Å². The molecule has 0 aromatic heterocycles. The van der Waals surface area contributed by atoms with Crippen LogP contribution >= 0.6 is 0 Å². The van der Waals surface area contributed by atoms with E-state index in [0.29, 0.717) is 0 Å². The van der Waals surface area contributed by atoms with Crippen LogP contribution in [0.3, 0.4) is 0 Å². The zero-order chi connectivity index (χ0) is 14.5. The number of hydrogen-bond acceptors (Lipinski definition) is 0. The van der Waals surface area contributed by atoms with Crippen molar-refractivity contribution in [3.63, 3.8) is 0 Å². The molecule has 0 amide bonds. The van der Waals surface area contributed by atoms with Gasteiger partial charge in [0, 0.05) is 0 Å². The fourth-order valence-electron chi connectivity index (χ4n) is 2.62. The van der Waals surface area contributed by atoms with Crippen molar-refractivity contribution in [1.29, 1.82) is 0 Å². The van der Waals surface area contributed by atoms with Crippen LogP contribution in [0.5, 0.6) is 0 Å². The molecule has 1 heteroatoms. The van der Waals surface area contributed by atoms with E-state index in [1.54, 1.807) is 0 Å². The molecule has 0 unspecified atom stereocenters. The van der Waals surface area contributed by atoms with Gasteiger partial charge in [-0.1, -0.05) is 0 Å². The van der Waals surface area contributed by atoms with Gasteiger partial charge >= 0.3 is 140 Å². The van der Waals surface area contributed by atoms with Crippen LogP contribution in [0.2, 0.25) is 0 Å². The molecule has 3 radical (unpaired) electrons. The Balaban J connectivity index is 1.92. The summed E-state index contributed by atoms with van der Waals surface area (Å²) in [4.78, 5) is 0. The summed E-state index contributed by atoms with van der Waals surface area (Å²) in [5.41, 5.74) is 5.74. The molecule has 0 atom stereocenters. The zero-order valence-electron chi connectivity index (χ0n) is 11.9. The third-order valence-corrected chi connectivity index (χ3v) is 5.07. The number of hydrogen-bond donors (Lipinski definition) is 0. The van der Waals surface area contributed by atoms with E-state index in [1.807, 2.05) is 0 Å². The van der Waals surface area contributed by atoms with Gasteiger partial charge in [-0.15, -0.1) is 0 Å². The Morgan fingerprint density at radius 1 is 0.571 bits per heavy atom. The van der Waals surface area contributed by atoms with Crippen molar-refractivity contribution < 1.29 is 0 Å². The average molecular weight is 376 g/mol. The van der Waals surface area contributed by atoms with Gasteiger partial charge in [0.15, 0.2) is 0 Å². The van der Waals surface area contributed by atoms with Crippen LogP contribution < -0.4 is 3.58 Å². The second-order valence-electron chi connectivity index (χ2n) is 5.27. The molecule has 0 saturated heterocycles.